The van der Waals surface area contributed by atoms with Crippen LogP contribution in [-0.4, -0.2) is 40.0 Å². The quantitative estimate of drug-likeness (QED) is 0.843. The van der Waals surface area contributed by atoms with Crippen molar-refractivity contribution in [1.82, 2.24) is 19.8 Å². The predicted octanol–water partition coefficient (Wildman–Crippen LogP) is 2.96. The number of carbonyl (C=O) groups excluding carboxylic acids is 1. The van der Waals surface area contributed by atoms with E-state index in [1.165, 1.54) is 0 Å². The van der Waals surface area contributed by atoms with Crippen LogP contribution < -0.4 is 5.32 Å². The lowest BCUT2D eigenvalue weighted by Gasteiger charge is -2.29. The van der Waals surface area contributed by atoms with Crippen LogP contribution in [0.3, 0.4) is 0 Å². The highest BCUT2D eigenvalue weighted by molar-refractivity contribution is 5.83. The highest BCUT2D eigenvalue weighted by atomic mass is 16.2. The number of hydrogen-bond acceptors (Lipinski definition) is 3. The molecule has 0 radical (unpaired) electrons. The largest absolute Gasteiger partial charge is 0.342 e. The number of likely N-dealkylation sites (N-methyl/N-ethyl adjacent to an activating group) is 1. The summed E-state index contributed by atoms with van der Waals surface area (Å²) in [5, 5.41) is 3.54. The van der Waals surface area contributed by atoms with Gasteiger partial charge in [-0.2, -0.15) is 0 Å². The molecule has 5 heteroatoms. The topological polar surface area (TPSA) is 50.2 Å². The van der Waals surface area contributed by atoms with Crippen molar-refractivity contribution in [3.63, 3.8) is 0 Å². The minimum atomic E-state index is -0.300. The standard InChI is InChI=1S/C20H28N4O/c1-3-23(4-2)20(25)18(16-9-6-5-7-10-16)22-15-17-11-8-13-24-14-12-21-19(17)24/h5-7,9-10,12,14,17-18,22H,3-4,8,11,13,15H2,1-2H3/t17-,18-/m1/s1. The van der Waals surface area contributed by atoms with E-state index in [1.807, 2.05) is 55.3 Å². The lowest BCUT2D eigenvalue weighted by atomic mass is 9.97. The van der Waals surface area contributed by atoms with Gasteiger partial charge in [-0.15, -0.1) is 0 Å². The zero-order valence-corrected chi connectivity index (χ0v) is 15.2. The molecule has 1 aliphatic rings. The van der Waals surface area contributed by atoms with Gasteiger partial charge in [-0.3, -0.25) is 4.79 Å². The maximum absolute atomic E-state index is 13.0. The first-order chi connectivity index (χ1) is 12.2. The Balaban J connectivity index is 1.76. The molecule has 5 nitrogen and oxygen atoms in total. The third kappa shape index (κ3) is 3.93. The zero-order chi connectivity index (χ0) is 17.6. The van der Waals surface area contributed by atoms with Crippen LogP contribution in [0.4, 0.5) is 0 Å². The second-order valence-electron chi connectivity index (χ2n) is 6.58. The summed E-state index contributed by atoms with van der Waals surface area (Å²) in [6, 6.07) is 9.73. The van der Waals surface area contributed by atoms with Crippen molar-refractivity contribution in [3.8, 4) is 0 Å². The molecule has 0 saturated carbocycles. The fourth-order valence-corrected chi connectivity index (χ4v) is 3.67. The van der Waals surface area contributed by atoms with Crippen molar-refractivity contribution in [3.05, 3.63) is 54.1 Å². The molecule has 1 N–H and O–H groups in total. The Bertz CT molecular complexity index is 678. The van der Waals surface area contributed by atoms with Crippen molar-refractivity contribution < 1.29 is 4.79 Å². The van der Waals surface area contributed by atoms with E-state index in [9.17, 15) is 4.79 Å². The van der Waals surface area contributed by atoms with Gasteiger partial charge in [-0.1, -0.05) is 30.3 Å². The van der Waals surface area contributed by atoms with Crippen LogP contribution in [0.15, 0.2) is 42.7 Å². The molecule has 1 amide bonds. The normalized spacial score (nSPS) is 17.8. The van der Waals surface area contributed by atoms with Gasteiger partial charge in [0.2, 0.25) is 5.91 Å². The number of fused-ring (bicyclic) bond motifs is 1. The lowest BCUT2D eigenvalue weighted by Crippen LogP contribution is -2.42. The van der Waals surface area contributed by atoms with Crippen LogP contribution in [0, 0.1) is 0 Å². The first-order valence-corrected chi connectivity index (χ1v) is 9.32. The van der Waals surface area contributed by atoms with Crippen LogP contribution in [0.1, 0.15) is 50.0 Å². The first kappa shape index (κ1) is 17.7. The van der Waals surface area contributed by atoms with E-state index in [0.29, 0.717) is 5.92 Å². The second kappa shape index (κ2) is 8.30. The molecule has 1 aliphatic heterocycles. The highest BCUT2D eigenvalue weighted by Crippen LogP contribution is 2.26. The average molecular weight is 340 g/mol. The van der Waals surface area contributed by atoms with Crippen molar-refractivity contribution in [2.75, 3.05) is 19.6 Å². The van der Waals surface area contributed by atoms with E-state index in [-0.39, 0.29) is 11.9 Å². The van der Waals surface area contributed by atoms with Gasteiger partial charge in [0, 0.05) is 44.5 Å². The number of nitrogens with zero attached hydrogens (tertiary/aromatic N) is 3. The van der Waals surface area contributed by atoms with E-state index < -0.39 is 0 Å². The average Bonchev–Trinajstić information content (AvgIpc) is 3.13. The van der Waals surface area contributed by atoms with Crippen LogP contribution >= 0.6 is 0 Å². The summed E-state index contributed by atoms with van der Waals surface area (Å²) in [6.45, 7) is 7.33. The molecule has 0 saturated heterocycles. The SMILES string of the molecule is CCN(CC)C(=O)[C@H](NC[C@H]1CCCn2ccnc21)c1ccccc1. The highest BCUT2D eigenvalue weighted by Gasteiger charge is 2.27. The Morgan fingerprint density at radius 3 is 2.80 bits per heavy atom. The molecule has 3 rings (SSSR count). The Morgan fingerprint density at radius 2 is 2.08 bits per heavy atom. The molecule has 0 unspecified atom stereocenters. The molecular weight excluding hydrogens is 312 g/mol. The van der Waals surface area contributed by atoms with Gasteiger partial charge < -0.3 is 14.8 Å². The number of nitrogens with one attached hydrogen (secondary N) is 1. The summed E-state index contributed by atoms with van der Waals surface area (Å²) < 4.78 is 2.24. The zero-order valence-electron chi connectivity index (χ0n) is 15.2. The minimum Gasteiger partial charge on any atom is -0.342 e. The smallest absolute Gasteiger partial charge is 0.244 e. The van der Waals surface area contributed by atoms with Gasteiger partial charge in [-0.05, 0) is 32.3 Å². The summed E-state index contributed by atoms with van der Waals surface area (Å²) >= 11 is 0. The predicted molar refractivity (Wildman–Crippen MR) is 99.3 cm³/mol. The number of amides is 1. The van der Waals surface area contributed by atoms with Crippen molar-refractivity contribution >= 4 is 5.91 Å². The number of benzene rings is 1. The van der Waals surface area contributed by atoms with Gasteiger partial charge in [0.15, 0.2) is 0 Å². The van der Waals surface area contributed by atoms with E-state index in [2.05, 4.69) is 21.1 Å². The van der Waals surface area contributed by atoms with Crippen LogP contribution in [0.2, 0.25) is 0 Å². The van der Waals surface area contributed by atoms with Gasteiger partial charge in [0.25, 0.3) is 0 Å². The molecule has 2 aromatic rings. The molecule has 134 valence electrons. The molecule has 1 aromatic heterocycles. The van der Waals surface area contributed by atoms with Crippen molar-refractivity contribution in [2.24, 2.45) is 0 Å². The molecular formula is C20H28N4O. The summed E-state index contributed by atoms with van der Waals surface area (Å²) in [6.07, 6.45) is 6.21. The first-order valence-electron chi connectivity index (χ1n) is 9.32. The van der Waals surface area contributed by atoms with Gasteiger partial charge in [0.1, 0.15) is 11.9 Å². The molecule has 2 atom stereocenters. The molecule has 1 aromatic carbocycles. The van der Waals surface area contributed by atoms with Gasteiger partial charge in [-0.25, -0.2) is 4.98 Å². The van der Waals surface area contributed by atoms with Crippen molar-refractivity contribution in [1.29, 1.82) is 0 Å². The Labute approximate surface area is 150 Å². The summed E-state index contributed by atoms with van der Waals surface area (Å²) in [4.78, 5) is 19.4. The number of imidazole rings is 1. The number of aryl methyl sites for hydroxylation is 1. The maximum atomic E-state index is 13.0. The lowest BCUT2D eigenvalue weighted by molar-refractivity contribution is -0.133. The molecule has 0 fully saturated rings. The summed E-state index contributed by atoms with van der Waals surface area (Å²) in [5.74, 6) is 1.65. The molecule has 0 aliphatic carbocycles. The fourth-order valence-electron chi connectivity index (χ4n) is 3.67. The van der Waals surface area contributed by atoms with Gasteiger partial charge in [0.05, 0.1) is 0 Å². The monoisotopic (exact) mass is 340 g/mol. The van der Waals surface area contributed by atoms with E-state index in [1.54, 1.807) is 0 Å². The molecule has 2 heterocycles. The Hall–Kier alpha value is -2.14. The number of carbonyl (C=O) groups is 1. The van der Waals surface area contributed by atoms with E-state index in [4.69, 9.17) is 0 Å². The molecule has 25 heavy (non-hydrogen) atoms. The maximum Gasteiger partial charge on any atom is 0.244 e. The summed E-state index contributed by atoms with van der Waals surface area (Å²) in [7, 11) is 0. The Morgan fingerprint density at radius 1 is 1.32 bits per heavy atom. The third-order valence-corrected chi connectivity index (χ3v) is 5.09. The van der Waals surface area contributed by atoms with Crippen LogP contribution in [-0.2, 0) is 11.3 Å². The van der Waals surface area contributed by atoms with Crippen LogP contribution in [0.25, 0.3) is 0 Å². The fraction of sp³-hybridized carbons (Fsp3) is 0.500. The van der Waals surface area contributed by atoms with Crippen LogP contribution in [0.5, 0.6) is 0 Å². The molecule has 0 spiro atoms. The summed E-state index contributed by atoms with van der Waals surface area (Å²) in [5.41, 5.74) is 1.03. The minimum absolute atomic E-state index is 0.148. The van der Waals surface area contributed by atoms with Crippen molar-refractivity contribution in [2.45, 2.75) is 45.2 Å². The number of rotatable bonds is 7. The second-order valence-corrected chi connectivity index (χ2v) is 6.58. The van der Waals surface area contributed by atoms with Gasteiger partial charge >= 0.3 is 0 Å². The van der Waals surface area contributed by atoms with E-state index in [0.717, 1.165) is 50.4 Å². The number of aromatic nitrogens is 2. The third-order valence-electron chi connectivity index (χ3n) is 5.09. The molecule has 0 bridgehead atoms. The Kier molecular flexibility index (Phi) is 5.87. The number of hydrogen-bond donors (Lipinski definition) is 1. The van der Waals surface area contributed by atoms with E-state index >= 15 is 0 Å².